The fourth-order valence-corrected chi connectivity index (χ4v) is 4.56. The van der Waals surface area contributed by atoms with Gasteiger partial charge in [-0.1, -0.05) is 0 Å². The van der Waals surface area contributed by atoms with Crippen LogP contribution in [0.2, 0.25) is 0 Å². The van der Waals surface area contributed by atoms with E-state index in [1.807, 2.05) is 17.5 Å². The van der Waals surface area contributed by atoms with E-state index in [4.69, 9.17) is 0 Å². The highest BCUT2D eigenvalue weighted by molar-refractivity contribution is 7.07. The molecule has 2 saturated heterocycles. The topological polar surface area (TPSA) is 36.4 Å². The Hall–Kier alpha value is -0.940. The van der Waals surface area contributed by atoms with E-state index in [1.54, 1.807) is 11.3 Å². The summed E-state index contributed by atoms with van der Waals surface area (Å²) in [6.45, 7) is 4.34. The average Bonchev–Trinajstić information content (AvgIpc) is 2.89. The van der Waals surface area contributed by atoms with E-state index < -0.39 is 0 Å². The summed E-state index contributed by atoms with van der Waals surface area (Å²) in [7, 11) is 2.01. The summed E-state index contributed by atoms with van der Waals surface area (Å²) in [5.41, 5.74) is 3.05. The minimum atomic E-state index is -0.0277. The van der Waals surface area contributed by atoms with Crippen LogP contribution in [0.15, 0.2) is 10.9 Å². The summed E-state index contributed by atoms with van der Waals surface area (Å²) in [6.07, 6.45) is 6.38. The molecule has 2 aliphatic rings. The number of carbonyl (C=O) groups excluding carboxylic acids is 1. The molecule has 0 saturated carbocycles. The average molecular weight is 307 g/mol. The van der Waals surface area contributed by atoms with E-state index in [1.165, 1.54) is 18.5 Å². The van der Waals surface area contributed by atoms with Crippen LogP contribution in [0.3, 0.4) is 0 Å². The molecule has 116 valence electrons. The van der Waals surface area contributed by atoms with Crippen molar-refractivity contribution in [2.45, 2.75) is 63.6 Å². The van der Waals surface area contributed by atoms with Crippen molar-refractivity contribution in [2.75, 3.05) is 13.6 Å². The molecule has 3 heterocycles. The van der Waals surface area contributed by atoms with Crippen LogP contribution >= 0.6 is 11.3 Å². The van der Waals surface area contributed by atoms with Crippen molar-refractivity contribution >= 4 is 17.2 Å². The third-order valence-electron chi connectivity index (χ3n) is 5.39. The molecule has 0 N–H and O–H groups in total. The van der Waals surface area contributed by atoms with Gasteiger partial charge in [0.05, 0.1) is 16.7 Å². The normalized spacial score (nSPS) is 31.6. The van der Waals surface area contributed by atoms with Crippen molar-refractivity contribution in [1.29, 1.82) is 0 Å². The van der Waals surface area contributed by atoms with Gasteiger partial charge in [0.15, 0.2) is 0 Å². The van der Waals surface area contributed by atoms with Gasteiger partial charge in [0.1, 0.15) is 0 Å². The fourth-order valence-electron chi connectivity index (χ4n) is 4.01. The number of carbonyl (C=O) groups is 1. The van der Waals surface area contributed by atoms with E-state index in [-0.39, 0.29) is 5.54 Å². The van der Waals surface area contributed by atoms with Crippen molar-refractivity contribution in [1.82, 2.24) is 14.8 Å². The standard InChI is InChI=1S/C16H25N3OS/c1-16-8-3-4-9-19(10-13-11-21-12-17-13)14(16)6-5-7-15(20)18(16)2/h11-12,14H,3-10H2,1-2H3/t14-,16-/m0/s1. The van der Waals surface area contributed by atoms with Crippen molar-refractivity contribution in [3.8, 4) is 0 Å². The molecule has 2 aliphatic heterocycles. The molecule has 3 rings (SSSR count). The second-order valence-corrected chi connectivity index (χ2v) is 7.34. The molecule has 5 heteroatoms. The molecule has 1 amide bonds. The minimum Gasteiger partial charge on any atom is -0.339 e. The Morgan fingerprint density at radius 1 is 1.43 bits per heavy atom. The maximum absolute atomic E-state index is 12.3. The molecule has 1 aromatic heterocycles. The lowest BCUT2D eigenvalue weighted by molar-refractivity contribution is -0.136. The van der Waals surface area contributed by atoms with Gasteiger partial charge in [0, 0.05) is 31.4 Å². The lowest BCUT2D eigenvalue weighted by Gasteiger charge is -2.46. The Bertz CT molecular complexity index is 490. The van der Waals surface area contributed by atoms with Gasteiger partial charge in [0.2, 0.25) is 5.91 Å². The molecule has 0 aliphatic carbocycles. The molecule has 21 heavy (non-hydrogen) atoms. The van der Waals surface area contributed by atoms with Crippen LogP contribution in [-0.2, 0) is 11.3 Å². The van der Waals surface area contributed by atoms with Crippen molar-refractivity contribution < 1.29 is 4.79 Å². The molecule has 1 aromatic rings. The Kier molecular flexibility index (Phi) is 4.31. The molecule has 4 nitrogen and oxygen atoms in total. The predicted molar refractivity (Wildman–Crippen MR) is 85.2 cm³/mol. The summed E-state index contributed by atoms with van der Waals surface area (Å²) in [4.78, 5) is 21.4. The molecule has 0 aromatic carbocycles. The molecule has 2 fully saturated rings. The Morgan fingerprint density at radius 2 is 2.29 bits per heavy atom. The van der Waals surface area contributed by atoms with E-state index in [0.29, 0.717) is 18.4 Å². The maximum Gasteiger partial charge on any atom is 0.222 e. The highest BCUT2D eigenvalue weighted by Gasteiger charge is 2.45. The van der Waals surface area contributed by atoms with Gasteiger partial charge in [-0.25, -0.2) is 4.98 Å². The predicted octanol–water partition coefficient (Wildman–Crippen LogP) is 2.90. The lowest BCUT2D eigenvalue weighted by Crippen LogP contribution is -2.58. The van der Waals surface area contributed by atoms with Crippen LogP contribution in [0.1, 0.15) is 51.1 Å². The van der Waals surface area contributed by atoms with Crippen molar-refractivity contribution in [2.24, 2.45) is 0 Å². The van der Waals surface area contributed by atoms with Crippen LogP contribution in [0.5, 0.6) is 0 Å². The zero-order chi connectivity index (χ0) is 14.9. The number of hydrogen-bond donors (Lipinski definition) is 0. The highest BCUT2D eigenvalue weighted by atomic mass is 32.1. The lowest BCUT2D eigenvalue weighted by atomic mass is 9.84. The van der Waals surface area contributed by atoms with Crippen molar-refractivity contribution in [3.05, 3.63) is 16.6 Å². The Balaban J connectivity index is 1.88. The first-order chi connectivity index (χ1) is 10.1. The van der Waals surface area contributed by atoms with Gasteiger partial charge in [-0.05, 0) is 45.6 Å². The fraction of sp³-hybridized carbons (Fsp3) is 0.750. The zero-order valence-corrected chi connectivity index (χ0v) is 13.9. The van der Waals surface area contributed by atoms with E-state index in [2.05, 4.69) is 22.2 Å². The van der Waals surface area contributed by atoms with Crippen LogP contribution in [0.4, 0.5) is 0 Å². The third kappa shape index (κ3) is 2.86. The maximum atomic E-state index is 12.3. The third-order valence-corrected chi connectivity index (χ3v) is 6.03. The monoisotopic (exact) mass is 307 g/mol. The Morgan fingerprint density at radius 3 is 3.05 bits per heavy atom. The summed E-state index contributed by atoms with van der Waals surface area (Å²) in [5.74, 6) is 0.315. The number of likely N-dealkylation sites (tertiary alicyclic amines) is 2. The van der Waals surface area contributed by atoms with Gasteiger partial charge >= 0.3 is 0 Å². The smallest absolute Gasteiger partial charge is 0.222 e. The van der Waals surface area contributed by atoms with E-state index in [0.717, 1.165) is 32.4 Å². The number of amides is 1. The summed E-state index contributed by atoms with van der Waals surface area (Å²) in [5, 5.41) is 2.15. The molecule has 0 spiro atoms. The van der Waals surface area contributed by atoms with Crippen LogP contribution in [-0.4, -0.2) is 45.9 Å². The summed E-state index contributed by atoms with van der Waals surface area (Å²) >= 11 is 1.66. The van der Waals surface area contributed by atoms with Gasteiger partial charge in [-0.15, -0.1) is 11.3 Å². The number of likely N-dealkylation sites (N-methyl/N-ethyl adjacent to an activating group) is 1. The SMILES string of the molecule is CN1C(=O)CCC[C@@H]2N(Cc3cscn3)CCCC[C@@]21C. The van der Waals surface area contributed by atoms with Gasteiger partial charge in [0.25, 0.3) is 0 Å². The van der Waals surface area contributed by atoms with Crippen molar-refractivity contribution in [3.63, 3.8) is 0 Å². The molecule has 2 atom stereocenters. The van der Waals surface area contributed by atoms with Crippen LogP contribution in [0.25, 0.3) is 0 Å². The second-order valence-electron chi connectivity index (χ2n) is 6.63. The first kappa shape index (κ1) is 15.0. The number of rotatable bonds is 2. The number of aromatic nitrogens is 1. The molecular weight excluding hydrogens is 282 g/mol. The first-order valence-electron chi connectivity index (χ1n) is 7.99. The van der Waals surface area contributed by atoms with Gasteiger partial charge in [-0.3, -0.25) is 9.69 Å². The molecule has 0 bridgehead atoms. The first-order valence-corrected chi connectivity index (χ1v) is 8.93. The molecular formula is C16H25N3OS. The number of nitrogens with zero attached hydrogens (tertiary/aromatic N) is 3. The van der Waals surface area contributed by atoms with Crippen LogP contribution in [0, 0.1) is 0 Å². The summed E-state index contributed by atoms with van der Waals surface area (Å²) < 4.78 is 0. The second kappa shape index (κ2) is 6.05. The summed E-state index contributed by atoms with van der Waals surface area (Å²) in [6, 6.07) is 0.457. The zero-order valence-electron chi connectivity index (χ0n) is 13.0. The number of fused-ring (bicyclic) bond motifs is 1. The van der Waals surface area contributed by atoms with Crippen LogP contribution < -0.4 is 0 Å². The number of hydrogen-bond acceptors (Lipinski definition) is 4. The molecule has 0 unspecified atom stereocenters. The highest BCUT2D eigenvalue weighted by Crippen LogP contribution is 2.37. The minimum absolute atomic E-state index is 0.0277. The quantitative estimate of drug-likeness (QED) is 0.843. The number of thiazole rings is 1. The largest absolute Gasteiger partial charge is 0.339 e. The van der Waals surface area contributed by atoms with E-state index >= 15 is 0 Å². The Labute approximate surface area is 131 Å². The van der Waals surface area contributed by atoms with Gasteiger partial charge < -0.3 is 4.90 Å². The van der Waals surface area contributed by atoms with E-state index in [9.17, 15) is 4.79 Å². The van der Waals surface area contributed by atoms with Gasteiger partial charge in [-0.2, -0.15) is 0 Å². The molecule has 0 radical (unpaired) electrons.